The van der Waals surface area contributed by atoms with Gasteiger partial charge in [0.1, 0.15) is 12.1 Å². The van der Waals surface area contributed by atoms with E-state index < -0.39 is 22.0 Å². The third-order valence-corrected chi connectivity index (χ3v) is 5.41. The van der Waals surface area contributed by atoms with Crippen LogP contribution in [0, 0.1) is 11.3 Å². The summed E-state index contributed by atoms with van der Waals surface area (Å²) in [5.74, 6) is -0.717. The smallest absolute Gasteiger partial charge is 0.243 e. The van der Waals surface area contributed by atoms with Gasteiger partial charge < -0.3 is 11.1 Å². The minimum Gasteiger partial charge on any atom is -0.368 e. The Morgan fingerprint density at radius 3 is 2.81 bits per heavy atom. The molecule has 1 heterocycles. The first kappa shape index (κ1) is 15.7. The molecule has 0 spiro atoms. The Balaban J connectivity index is 2.43. The highest BCUT2D eigenvalue weighted by atomic mass is 35.5. The molecule has 7 nitrogen and oxygen atoms in total. The van der Waals surface area contributed by atoms with Crippen molar-refractivity contribution in [3.8, 4) is 6.07 Å². The van der Waals surface area contributed by atoms with Crippen molar-refractivity contribution in [1.82, 2.24) is 9.62 Å². The monoisotopic (exact) mass is 328 g/mol. The van der Waals surface area contributed by atoms with E-state index in [0.29, 0.717) is 6.54 Å². The van der Waals surface area contributed by atoms with Gasteiger partial charge >= 0.3 is 0 Å². The van der Waals surface area contributed by atoms with Crippen molar-refractivity contribution >= 4 is 27.5 Å². The number of nitrogens with one attached hydrogen (secondary N) is 1. The van der Waals surface area contributed by atoms with E-state index in [0.717, 1.165) is 4.31 Å². The molecule has 2 rings (SSSR count). The molecule has 1 aliphatic heterocycles. The van der Waals surface area contributed by atoms with Crippen molar-refractivity contribution in [2.75, 3.05) is 19.6 Å². The Kier molecular flexibility index (Phi) is 4.49. The van der Waals surface area contributed by atoms with Gasteiger partial charge in [-0.15, -0.1) is 0 Å². The number of nitriles is 1. The lowest BCUT2D eigenvalue weighted by Crippen LogP contribution is -2.58. The minimum absolute atomic E-state index is 0.0457. The molecule has 1 aromatic rings. The van der Waals surface area contributed by atoms with E-state index in [1.807, 2.05) is 6.07 Å². The number of hydrogen-bond donors (Lipinski definition) is 2. The lowest BCUT2D eigenvalue weighted by atomic mass is 10.2. The van der Waals surface area contributed by atoms with Crippen LogP contribution in [0.3, 0.4) is 0 Å². The Morgan fingerprint density at radius 1 is 1.52 bits per heavy atom. The summed E-state index contributed by atoms with van der Waals surface area (Å²) in [6.07, 6.45) is 0. The number of primary amides is 1. The van der Waals surface area contributed by atoms with Gasteiger partial charge in [-0.3, -0.25) is 4.79 Å². The molecule has 1 aromatic carbocycles. The van der Waals surface area contributed by atoms with Crippen LogP contribution in [0.5, 0.6) is 0 Å². The zero-order chi connectivity index (χ0) is 15.6. The van der Waals surface area contributed by atoms with Crippen LogP contribution < -0.4 is 11.1 Å². The first-order valence-corrected chi connectivity index (χ1v) is 7.91. The third kappa shape index (κ3) is 3.01. The predicted octanol–water partition coefficient (Wildman–Crippen LogP) is -0.341. The van der Waals surface area contributed by atoms with Crippen LogP contribution in [0.1, 0.15) is 5.56 Å². The summed E-state index contributed by atoms with van der Waals surface area (Å²) >= 11 is 5.86. The zero-order valence-corrected chi connectivity index (χ0v) is 12.5. The van der Waals surface area contributed by atoms with Crippen molar-refractivity contribution in [2.24, 2.45) is 5.73 Å². The van der Waals surface area contributed by atoms with E-state index in [2.05, 4.69) is 5.32 Å². The maximum atomic E-state index is 12.6. The van der Waals surface area contributed by atoms with Gasteiger partial charge in [0, 0.05) is 19.6 Å². The summed E-state index contributed by atoms with van der Waals surface area (Å²) in [5, 5.41) is 11.8. The summed E-state index contributed by atoms with van der Waals surface area (Å²) in [7, 11) is -3.91. The van der Waals surface area contributed by atoms with Crippen molar-refractivity contribution in [3.63, 3.8) is 0 Å². The van der Waals surface area contributed by atoms with Crippen molar-refractivity contribution in [3.05, 3.63) is 28.8 Å². The highest BCUT2D eigenvalue weighted by Gasteiger charge is 2.36. The summed E-state index contributed by atoms with van der Waals surface area (Å²) in [5.41, 5.74) is 5.44. The van der Waals surface area contributed by atoms with Crippen LogP contribution in [0.15, 0.2) is 23.1 Å². The van der Waals surface area contributed by atoms with Crippen molar-refractivity contribution < 1.29 is 13.2 Å². The fourth-order valence-corrected chi connectivity index (χ4v) is 4.01. The van der Waals surface area contributed by atoms with Gasteiger partial charge in [0.15, 0.2) is 0 Å². The quantitative estimate of drug-likeness (QED) is 0.787. The number of nitrogens with two attached hydrogens (primary N) is 1. The Hall–Kier alpha value is -1.66. The Bertz CT molecular complexity index is 714. The number of amides is 1. The predicted molar refractivity (Wildman–Crippen MR) is 75.9 cm³/mol. The molecule has 9 heteroatoms. The van der Waals surface area contributed by atoms with Crippen LogP contribution in [0.2, 0.25) is 5.02 Å². The Labute approximate surface area is 127 Å². The van der Waals surface area contributed by atoms with Gasteiger partial charge in [-0.1, -0.05) is 11.6 Å². The van der Waals surface area contributed by atoms with Crippen LogP contribution in [0.25, 0.3) is 0 Å². The highest BCUT2D eigenvalue weighted by molar-refractivity contribution is 7.89. The van der Waals surface area contributed by atoms with E-state index >= 15 is 0 Å². The largest absolute Gasteiger partial charge is 0.368 e. The molecule has 0 bridgehead atoms. The number of benzene rings is 1. The first-order valence-electron chi connectivity index (χ1n) is 6.09. The second-order valence-corrected chi connectivity index (χ2v) is 6.79. The lowest BCUT2D eigenvalue weighted by molar-refractivity contribution is -0.122. The van der Waals surface area contributed by atoms with Gasteiger partial charge in [0.05, 0.1) is 15.5 Å². The van der Waals surface area contributed by atoms with Crippen molar-refractivity contribution in [1.29, 1.82) is 5.26 Å². The molecule has 0 saturated carbocycles. The molecular weight excluding hydrogens is 316 g/mol. The fraction of sp³-hybridized carbons (Fsp3) is 0.333. The first-order chi connectivity index (χ1) is 9.87. The summed E-state index contributed by atoms with van der Waals surface area (Å²) in [6, 6.07) is 4.74. The molecule has 1 saturated heterocycles. The lowest BCUT2D eigenvalue weighted by Gasteiger charge is -2.33. The SMILES string of the molecule is N#Cc1ccc(S(=O)(=O)N2CCNCC2C(N)=O)cc1Cl. The van der Waals surface area contributed by atoms with Crippen LogP contribution in [0.4, 0.5) is 0 Å². The number of rotatable bonds is 3. The van der Waals surface area contributed by atoms with Crippen LogP contribution >= 0.6 is 11.6 Å². The van der Waals surface area contributed by atoms with E-state index in [4.69, 9.17) is 22.6 Å². The van der Waals surface area contributed by atoms with Crippen LogP contribution in [-0.4, -0.2) is 44.3 Å². The van der Waals surface area contributed by atoms with E-state index in [9.17, 15) is 13.2 Å². The van der Waals surface area contributed by atoms with Gasteiger partial charge in [0.25, 0.3) is 0 Å². The van der Waals surface area contributed by atoms with Gasteiger partial charge in [-0.25, -0.2) is 8.42 Å². The van der Waals surface area contributed by atoms with Gasteiger partial charge in [0.2, 0.25) is 15.9 Å². The molecule has 0 aliphatic carbocycles. The third-order valence-electron chi connectivity index (χ3n) is 3.19. The summed E-state index contributed by atoms with van der Waals surface area (Å²) < 4.78 is 26.3. The number of nitrogens with zero attached hydrogens (tertiary/aromatic N) is 2. The zero-order valence-electron chi connectivity index (χ0n) is 10.9. The van der Waals surface area contributed by atoms with Gasteiger partial charge in [-0.2, -0.15) is 9.57 Å². The fourth-order valence-electron chi connectivity index (χ4n) is 2.10. The molecule has 1 aliphatic rings. The molecule has 21 heavy (non-hydrogen) atoms. The highest BCUT2D eigenvalue weighted by Crippen LogP contribution is 2.24. The molecule has 1 amide bonds. The second-order valence-electron chi connectivity index (χ2n) is 4.49. The molecule has 3 N–H and O–H groups in total. The minimum atomic E-state index is -3.91. The summed E-state index contributed by atoms with van der Waals surface area (Å²) in [6.45, 7) is 0.721. The topological polar surface area (TPSA) is 116 Å². The van der Waals surface area contributed by atoms with E-state index in [-0.39, 0.29) is 28.6 Å². The van der Waals surface area contributed by atoms with E-state index in [1.54, 1.807) is 0 Å². The average Bonchev–Trinajstić information content (AvgIpc) is 2.47. The molecule has 1 fully saturated rings. The second kappa shape index (κ2) is 5.99. The standard InChI is InChI=1S/C12H13ClN4O3S/c13-10-5-9(2-1-8(10)6-14)21(19,20)17-4-3-16-7-11(17)12(15)18/h1-2,5,11,16H,3-4,7H2,(H2,15,18). The number of sulfonamides is 1. The molecule has 0 radical (unpaired) electrons. The molecule has 0 aromatic heterocycles. The summed E-state index contributed by atoms with van der Waals surface area (Å²) in [4.78, 5) is 11.3. The van der Waals surface area contributed by atoms with Crippen LogP contribution in [-0.2, 0) is 14.8 Å². The number of carbonyl (C=O) groups excluding carboxylic acids is 1. The van der Waals surface area contributed by atoms with E-state index in [1.165, 1.54) is 18.2 Å². The molecule has 112 valence electrons. The molecule has 1 atom stereocenters. The average molecular weight is 329 g/mol. The number of carbonyl (C=O) groups is 1. The van der Waals surface area contributed by atoms with Crippen molar-refractivity contribution in [2.45, 2.75) is 10.9 Å². The van der Waals surface area contributed by atoms with Gasteiger partial charge in [-0.05, 0) is 18.2 Å². The number of piperazine rings is 1. The normalized spacial score (nSPS) is 19.9. The maximum absolute atomic E-state index is 12.6. The number of hydrogen-bond acceptors (Lipinski definition) is 5. The number of halogens is 1. The molecule has 1 unspecified atom stereocenters. The Morgan fingerprint density at radius 2 is 2.24 bits per heavy atom. The molecular formula is C12H13ClN4O3S. The maximum Gasteiger partial charge on any atom is 0.243 e.